The first-order valence-electron chi connectivity index (χ1n) is 8.40. The lowest BCUT2D eigenvalue weighted by molar-refractivity contribution is -0.144. The third-order valence-corrected chi connectivity index (χ3v) is 3.80. The molecule has 2 aromatic carbocycles. The zero-order chi connectivity index (χ0) is 19.9. The fourth-order valence-corrected chi connectivity index (χ4v) is 2.44. The Labute approximate surface area is 161 Å². The third-order valence-electron chi connectivity index (χ3n) is 3.80. The summed E-state index contributed by atoms with van der Waals surface area (Å²) in [4.78, 5) is 36.2. The van der Waals surface area contributed by atoms with Gasteiger partial charge in [0.25, 0.3) is 5.91 Å². The molecule has 0 saturated heterocycles. The number of carbonyl (C=O) groups is 3. The van der Waals surface area contributed by atoms with Crippen LogP contribution >= 0.6 is 0 Å². The van der Waals surface area contributed by atoms with Gasteiger partial charge in [-0.1, -0.05) is 18.2 Å². The van der Waals surface area contributed by atoms with Gasteiger partial charge in [0.05, 0.1) is 7.11 Å². The van der Waals surface area contributed by atoms with Crippen molar-refractivity contribution in [2.75, 3.05) is 31.0 Å². The molecule has 144 valence electrons. The monoisotopic (exact) mass is 382 g/mol. The molecule has 0 aromatic heterocycles. The van der Waals surface area contributed by atoms with E-state index < -0.39 is 24.3 Å². The van der Waals surface area contributed by atoms with Gasteiger partial charge in [-0.15, -0.1) is 0 Å². The number of hydrogen-bond donors (Lipinski definition) is 2. The summed E-state index contributed by atoms with van der Waals surface area (Å²) in [5.41, 5.74) is 0.920. The van der Waals surface area contributed by atoms with Crippen LogP contribution in [0.15, 0.2) is 66.1 Å². The van der Waals surface area contributed by atoms with Crippen LogP contribution in [-0.2, 0) is 23.9 Å². The van der Waals surface area contributed by atoms with Crippen molar-refractivity contribution in [3.8, 4) is 5.75 Å². The van der Waals surface area contributed by atoms with Gasteiger partial charge in [-0.05, 0) is 36.4 Å². The molecule has 0 fully saturated rings. The van der Waals surface area contributed by atoms with Crippen LogP contribution in [0.5, 0.6) is 5.75 Å². The SMILES string of the molecule is COc1ccc(NC(=O)COC(=O)C2=C(Nc3ccccc3)OCC2=O)cc1. The highest BCUT2D eigenvalue weighted by Gasteiger charge is 2.32. The Bertz CT molecular complexity index is 906. The lowest BCUT2D eigenvalue weighted by atomic mass is 10.2. The van der Waals surface area contributed by atoms with Crippen molar-refractivity contribution < 1.29 is 28.6 Å². The Hall–Kier alpha value is -3.81. The first kappa shape index (κ1) is 19.0. The van der Waals surface area contributed by atoms with E-state index in [0.717, 1.165) is 0 Å². The number of carbonyl (C=O) groups excluding carboxylic acids is 3. The van der Waals surface area contributed by atoms with Crippen molar-refractivity contribution in [2.24, 2.45) is 0 Å². The lowest BCUT2D eigenvalue weighted by Crippen LogP contribution is -2.23. The number of benzene rings is 2. The molecule has 0 spiro atoms. The summed E-state index contributed by atoms with van der Waals surface area (Å²) >= 11 is 0. The Kier molecular flexibility index (Phi) is 5.91. The largest absolute Gasteiger partial charge is 0.497 e. The number of methoxy groups -OCH3 is 1. The van der Waals surface area contributed by atoms with E-state index in [4.69, 9.17) is 14.2 Å². The fourth-order valence-electron chi connectivity index (χ4n) is 2.44. The Balaban J connectivity index is 1.59. The van der Waals surface area contributed by atoms with Crippen LogP contribution in [0, 0.1) is 0 Å². The van der Waals surface area contributed by atoms with Gasteiger partial charge in [-0.3, -0.25) is 9.59 Å². The zero-order valence-corrected chi connectivity index (χ0v) is 15.1. The summed E-state index contributed by atoms with van der Waals surface area (Å²) in [6, 6.07) is 15.6. The second kappa shape index (κ2) is 8.72. The molecule has 0 saturated carbocycles. The highest BCUT2D eigenvalue weighted by atomic mass is 16.5. The Morgan fingerprint density at radius 1 is 1.04 bits per heavy atom. The molecule has 1 aliphatic rings. The minimum absolute atomic E-state index is 0.0109. The van der Waals surface area contributed by atoms with Gasteiger partial charge >= 0.3 is 5.97 Å². The number of para-hydroxylation sites is 1. The molecule has 1 amide bonds. The maximum Gasteiger partial charge on any atom is 0.347 e. The van der Waals surface area contributed by atoms with Gasteiger partial charge in [0, 0.05) is 11.4 Å². The van der Waals surface area contributed by atoms with E-state index in [1.165, 1.54) is 7.11 Å². The molecule has 2 N–H and O–H groups in total. The predicted octanol–water partition coefficient (Wildman–Crippen LogP) is 2.10. The van der Waals surface area contributed by atoms with Crippen LogP contribution in [0.1, 0.15) is 0 Å². The van der Waals surface area contributed by atoms with Gasteiger partial charge in [-0.25, -0.2) is 4.79 Å². The first-order valence-corrected chi connectivity index (χ1v) is 8.40. The maximum atomic E-state index is 12.3. The summed E-state index contributed by atoms with van der Waals surface area (Å²) in [5.74, 6) is -1.32. The zero-order valence-electron chi connectivity index (χ0n) is 15.1. The summed E-state index contributed by atoms with van der Waals surface area (Å²) < 4.78 is 15.2. The van der Waals surface area contributed by atoms with E-state index >= 15 is 0 Å². The molecule has 3 rings (SSSR count). The molecule has 0 aliphatic carbocycles. The molecule has 0 unspecified atom stereocenters. The number of anilines is 2. The Morgan fingerprint density at radius 2 is 1.75 bits per heavy atom. The molecule has 28 heavy (non-hydrogen) atoms. The number of Topliss-reactive ketones (excluding diaryl/α,β-unsaturated/α-hetero) is 1. The van der Waals surface area contributed by atoms with Crippen molar-refractivity contribution >= 4 is 29.0 Å². The van der Waals surface area contributed by atoms with Gasteiger partial charge in [-0.2, -0.15) is 0 Å². The van der Waals surface area contributed by atoms with Crippen LogP contribution in [0.2, 0.25) is 0 Å². The van der Waals surface area contributed by atoms with Crippen molar-refractivity contribution in [2.45, 2.75) is 0 Å². The van der Waals surface area contributed by atoms with E-state index in [9.17, 15) is 14.4 Å². The summed E-state index contributed by atoms with van der Waals surface area (Å²) in [6.45, 7) is -0.808. The number of rotatable bonds is 7. The average molecular weight is 382 g/mol. The topological polar surface area (TPSA) is 103 Å². The summed E-state index contributed by atoms with van der Waals surface area (Å²) in [5, 5.41) is 5.45. The molecular weight excluding hydrogens is 364 g/mol. The summed E-state index contributed by atoms with van der Waals surface area (Å²) in [7, 11) is 1.54. The molecule has 0 atom stereocenters. The fraction of sp³-hybridized carbons (Fsp3) is 0.150. The molecule has 1 heterocycles. The van der Waals surface area contributed by atoms with E-state index in [1.54, 1.807) is 48.5 Å². The first-order chi connectivity index (χ1) is 13.6. The minimum atomic E-state index is -0.925. The van der Waals surface area contributed by atoms with Crippen LogP contribution in [-0.4, -0.2) is 38.0 Å². The smallest absolute Gasteiger partial charge is 0.347 e. The predicted molar refractivity (Wildman–Crippen MR) is 101 cm³/mol. The molecule has 0 bridgehead atoms. The number of nitrogens with one attached hydrogen (secondary N) is 2. The van der Waals surface area contributed by atoms with Crippen molar-refractivity contribution in [3.63, 3.8) is 0 Å². The van der Waals surface area contributed by atoms with E-state index in [2.05, 4.69) is 10.6 Å². The molecule has 8 nitrogen and oxygen atoms in total. The normalized spacial score (nSPS) is 13.0. The van der Waals surface area contributed by atoms with E-state index in [0.29, 0.717) is 17.1 Å². The number of esters is 1. The lowest BCUT2D eigenvalue weighted by Gasteiger charge is -2.09. The minimum Gasteiger partial charge on any atom is -0.497 e. The molecule has 1 aliphatic heterocycles. The molecule has 8 heteroatoms. The number of amides is 1. The second-order valence-corrected chi connectivity index (χ2v) is 5.76. The maximum absolute atomic E-state index is 12.3. The number of hydrogen-bond acceptors (Lipinski definition) is 7. The van der Waals surface area contributed by atoms with Crippen LogP contribution in [0.3, 0.4) is 0 Å². The number of ether oxygens (including phenoxy) is 3. The standard InChI is InChI=1S/C20H18N2O6/c1-26-15-9-7-14(8-10-15)21-17(24)12-28-20(25)18-16(23)11-27-19(18)22-13-5-3-2-4-6-13/h2-10,22H,11-12H2,1H3,(H,21,24). The van der Waals surface area contributed by atoms with Gasteiger partial charge < -0.3 is 24.8 Å². The van der Waals surface area contributed by atoms with Crippen LogP contribution in [0.25, 0.3) is 0 Å². The average Bonchev–Trinajstić information content (AvgIpc) is 3.07. The second-order valence-electron chi connectivity index (χ2n) is 5.76. The van der Waals surface area contributed by atoms with Crippen LogP contribution < -0.4 is 15.4 Å². The highest BCUT2D eigenvalue weighted by molar-refractivity contribution is 6.20. The Morgan fingerprint density at radius 3 is 2.43 bits per heavy atom. The van der Waals surface area contributed by atoms with Crippen molar-refractivity contribution in [1.29, 1.82) is 0 Å². The summed E-state index contributed by atoms with van der Waals surface area (Å²) in [6.07, 6.45) is 0. The van der Waals surface area contributed by atoms with Crippen molar-refractivity contribution in [1.82, 2.24) is 0 Å². The number of ketones is 1. The van der Waals surface area contributed by atoms with Crippen molar-refractivity contribution in [3.05, 3.63) is 66.1 Å². The van der Waals surface area contributed by atoms with E-state index in [-0.39, 0.29) is 18.1 Å². The van der Waals surface area contributed by atoms with E-state index in [1.807, 2.05) is 6.07 Å². The van der Waals surface area contributed by atoms with Gasteiger partial charge in [0.1, 0.15) is 5.75 Å². The van der Waals surface area contributed by atoms with Gasteiger partial charge in [0.15, 0.2) is 18.8 Å². The van der Waals surface area contributed by atoms with Crippen LogP contribution in [0.4, 0.5) is 11.4 Å². The quantitative estimate of drug-likeness (QED) is 0.558. The highest BCUT2D eigenvalue weighted by Crippen LogP contribution is 2.20. The third kappa shape index (κ3) is 4.67. The van der Waals surface area contributed by atoms with Gasteiger partial charge in [0.2, 0.25) is 11.7 Å². The molecular formula is C20H18N2O6. The molecule has 0 radical (unpaired) electrons. The molecule has 2 aromatic rings.